The standard InChI is InChI=1S/C34H44ClN5O5/c35-28-22-24(8-9-30(28)41)23-31(32(42)38-17-11-26(12-18-38)37-15-4-1-5-16-37)45-34(44)39-19-13-27(14-20-39)40-21-10-25-6-2-3-7-29(25)36-33(40)43/h2-3,6-9,22,26-27,31,41H,1,4-5,10-21,23H2,(H,36,43)/t31-/m1/s1. The lowest BCUT2D eigenvalue weighted by molar-refractivity contribution is -0.142. The molecule has 242 valence electrons. The summed E-state index contributed by atoms with van der Waals surface area (Å²) in [6.07, 6.45) is 6.29. The number of hydrogen-bond donors (Lipinski definition) is 2. The number of aromatic hydroxyl groups is 1. The van der Waals surface area contributed by atoms with Crippen molar-refractivity contribution in [2.75, 3.05) is 51.1 Å². The maximum absolute atomic E-state index is 13.9. The van der Waals surface area contributed by atoms with Crippen LogP contribution in [0.3, 0.4) is 0 Å². The minimum absolute atomic E-state index is 0.0149. The van der Waals surface area contributed by atoms with Gasteiger partial charge in [0.2, 0.25) is 0 Å². The molecular formula is C34H44ClN5O5. The molecule has 2 aromatic carbocycles. The number of nitrogens with one attached hydrogen (secondary N) is 1. The van der Waals surface area contributed by atoms with Crippen molar-refractivity contribution in [3.8, 4) is 5.75 Å². The summed E-state index contributed by atoms with van der Waals surface area (Å²) < 4.78 is 5.97. The van der Waals surface area contributed by atoms with Gasteiger partial charge >= 0.3 is 12.1 Å². The highest BCUT2D eigenvalue weighted by atomic mass is 35.5. The Morgan fingerprint density at radius 3 is 2.31 bits per heavy atom. The van der Waals surface area contributed by atoms with Crippen LogP contribution in [0.5, 0.6) is 5.75 Å². The number of phenolic OH excluding ortho intramolecular Hbond substituents is 1. The van der Waals surface area contributed by atoms with Crippen LogP contribution < -0.4 is 5.32 Å². The molecule has 4 aliphatic rings. The Balaban J connectivity index is 1.07. The zero-order chi connectivity index (χ0) is 31.3. The molecule has 45 heavy (non-hydrogen) atoms. The van der Waals surface area contributed by atoms with E-state index in [-0.39, 0.29) is 35.2 Å². The first kappa shape index (κ1) is 31.5. The molecule has 0 spiro atoms. The lowest BCUT2D eigenvalue weighted by atomic mass is 9.99. The molecule has 0 aromatic heterocycles. The molecule has 2 N–H and O–H groups in total. The highest BCUT2D eigenvalue weighted by Gasteiger charge is 2.36. The summed E-state index contributed by atoms with van der Waals surface area (Å²) in [6.45, 7) is 5.04. The van der Waals surface area contributed by atoms with Gasteiger partial charge in [-0.15, -0.1) is 0 Å². The van der Waals surface area contributed by atoms with Gasteiger partial charge in [-0.3, -0.25) is 4.79 Å². The molecule has 6 rings (SSSR count). The number of benzene rings is 2. The predicted molar refractivity (Wildman–Crippen MR) is 173 cm³/mol. The molecule has 4 aliphatic heterocycles. The first-order chi connectivity index (χ1) is 21.9. The van der Waals surface area contributed by atoms with E-state index in [2.05, 4.69) is 10.2 Å². The summed E-state index contributed by atoms with van der Waals surface area (Å²) in [5.74, 6) is -0.231. The van der Waals surface area contributed by atoms with Crippen LogP contribution in [0.25, 0.3) is 0 Å². The number of carbonyl (C=O) groups excluding carboxylic acids is 3. The lowest BCUT2D eigenvalue weighted by Gasteiger charge is -2.41. The molecule has 3 fully saturated rings. The summed E-state index contributed by atoms with van der Waals surface area (Å²) in [5, 5.41) is 13.1. The molecule has 3 saturated heterocycles. The summed E-state index contributed by atoms with van der Waals surface area (Å²) in [4.78, 5) is 48.3. The number of urea groups is 1. The maximum Gasteiger partial charge on any atom is 0.410 e. The number of anilines is 1. The Morgan fingerprint density at radius 2 is 1.58 bits per heavy atom. The zero-order valence-electron chi connectivity index (χ0n) is 25.8. The summed E-state index contributed by atoms with van der Waals surface area (Å²) in [6, 6.07) is 13.1. The summed E-state index contributed by atoms with van der Waals surface area (Å²) >= 11 is 6.17. The number of rotatable bonds is 6. The fraction of sp³-hybridized carbons (Fsp3) is 0.559. The van der Waals surface area contributed by atoms with Crippen LogP contribution in [0.2, 0.25) is 5.02 Å². The quantitative estimate of drug-likeness (QED) is 0.455. The monoisotopic (exact) mass is 637 g/mol. The Morgan fingerprint density at radius 1 is 0.889 bits per heavy atom. The second kappa shape index (κ2) is 14.3. The van der Waals surface area contributed by atoms with Gasteiger partial charge in [0.25, 0.3) is 5.91 Å². The predicted octanol–water partition coefficient (Wildman–Crippen LogP) is 5.12. The van der Waals surface area contributed by atoms with Gasteiger partial charge in [-0.1, -0.05) is 42.3 Å². The smallest absolute Gasteiger partial charge is 0.410 e. The van der Waals surface area contributed by atoms with Gasteiger partial charge in [0.15, 0.2) is 6.10 Å². The Labute approximate surface area is 270 Å². The Kier molecular flexibility index (Phi) is 10.00. The van der Waals surface area contributed by atoms with E-state index in [9.17, 15) is 19.5 Å². The van der Waals surface area contributed by atoms with Crippen LogP contribution in [0.4, 0.5) is 15.3 Å². The third-order valence-electron chi connectivity index (χ3n) is 9.94. The molecule has 4 heterocycles. The van der Waals surface area contributed by atoms with Crippen molar-refractivity contribution in [2.24, 2.45) is 0 Å². The highest BCUT2D eigenvalue weighted by Crippen LogP contribution is 2.28. The number of para-hydroxylation sites is 1. The van der Waals surface area contributed by atoms with E-state index < -0.39 is 12.2 Å². The average molecular weight is 638 g/mol. The first-order valence-corrected chi connectivity index (χ1v) is 16.8. The fourth-order valence-corrected chi connectivity index (χ4v) is 7.51. The number of carbonyl (C=O) groups is 3. The lowest BCUT2D eigenvalue weighted by Crippen LogP contribution is -2.53. The van der Waals surface area contributed by atoms with Crippen molar-refractivity contribution in [3.05, 3.63) is 58.6 Å². The number of ether oxygens (including phenoxy) is 1. The average Bonchev–Trinajstić information content (AvgIpc) is 3.24. The SMILES string of the molecule is O=C(O[C@H](Cc1ccc(O)c(Cl)c1)C(=O)N1CCC(N2CCCCC2)CC1)N1CCC(N2CCc3ccccc3NC2=O)CC1. The highest BCUT2D eigenvalue weighted by molar-refractivity contribution is 6.32. The van der Waals surface area contributed by atoms with E-state index in [0.29, 0.717) is 57.2 Å². The van der Waals surface area contributed by atoms with Gasteiger partial charge in [0.05, 0.1) is 5.02 Å². The first-order valence-electron chi connectivity index (χ1n) is 16.5. The van der Waals surface area contributed by atoms with Crippen LogP contribution in [-0.4, -0.2) is 107 Å². The number of likely N-dealkylation sites (tertiary alicyclic amines) is 3. The molecule has 4 amide bonds. The third kappa shape index (κ3) is 7.49. The van der Waals surface area contributed by atoms with E-state index in [1.54, 1.807) is 17.0 Å². The number of piperidine rings is 3. The molecule has 0 radical (unpaired) electrons. The third-order valence-corrected chi connectivity index (χ3v) is 10.2. The molecule has 0 bridgehead atoms. The molecular weight excluding hydrogens is 594 g/mol. The molecule has 0 aliphatic carbocycles. The Bertz CT molecular complexity index is 1370. The maximum atomic E-state index is 13.9. The molecule has 2 aromatic rings. The number of amides is 4. The minimum Gasteiger partial charge on any atom is -0.506 e. The van der Waals surface area contributed by atoms with Gasteiger partial charge in [0.1, 0.15) is 5.75 Å². The molecule has 11 heteroatoms. The van der Waals surface area contributed by atoms with Crippen molar-refractivity contribution in [1.29, 1.82) is 0 Å². The van der Waals surface area contributed by atoms with Crippen LogP contribution in [0.15, 0.2) is 42.5 Å². The van der Waals surface area contributed by atoms with Crippen LogP contribution in [0.1, 0.15) is 56.1 Å². The molecule has 1 atom stereocenters. The fourth-order valence-electron chi connectivity index (χ4n) is 7.30. The second-order valence-corrected chi connectivity index (χ2v) is 13.2. The van der Waals surface area contributed by atoms with Gasteiger partial charge in [0, 0.05) is 56.9 Å². The second-order valence-electron chi connectivity index (χ2n) is 12.8. The number of phenols is 1. The molecule has 10 nitrogen and oxygen atoms in total. The summed E-state index contributed by atoms with van der Waals surface area (Å²) in [7, 11) is 0. The molecule has 0 saturated carbocycles. The van der Waals surface area contributed by atoms with E-state index in [1.165, 1.54) is 25.3 Å². The van der Waals surface area contributed by atoms with Crippen LogP contribution >= 0.6 is 11.6 Å². The van der Waals surface area contributed by atoms with E-state index in [0.717, 1.165) is 43.6 Å². The van der Waals surface area contributed by atoms with E-state index in [1.807, 2.05) is 34.1 Å². The van der Waals surface area contributed by atoms with Crippen molar-refractivity contribution in [1.82, 2.24) is 19.6 Å². The van der Waals surface area contributed by atoms with Gasteiger partial charge in [-0.2, -0.15) is 0 Å². The van der Waals surface area contributed by atoms with Crippen LogP contribution in [-0.2, 0) is 22.4 Å². The van der Waals surface area contributed by atoms with E-state index in [4.69, 9.17) is 16.3 Å². The topological polar surface area (TPSA) is 106 Å². The number of halogens is 1. The van der Waals surface area contributed by atoms with Crippen molar-refractivity contribution in [2.45, 2.75) is 76.0 Å². The number of hydrogen-bond acceptors (Lipinski definition) is 6. The van der Waals surface area contributed by atoms with Gasteiger partial charge in [-0.25, -0.2) is 9.59 Å². The number of fused-ring (bicyclic) bond motifs is 1. The van der Waals surface area contributed by atoms with Crippen molar-refractivity contribution < 1.29 is 24.2 Å². The zero-order valence-corrected chi connectivity index (χ0v) is 26.6. The normalized spacial score (nSPS) is 21.1. The molecule has 0 unspecified atom stereocenters. The van der Waals surface area contributed by atoms with E-state index >= 15 is 0 Å². The van der Waals surface area contributed by atoms with Crippen molar-refractivity contribution >= 4 is 35.3 Å². The number of nitrogens with zero attached hydrogens (tertiary/aromatic N) is 4. The van der Waals surface area contributed by atoms with Gasteiger partial charge < -0.3 is 34.8 Å². The van der Waals surface area contributed by atoms with Gasteiger partial charge in [-0.05, 0) is 87.4 Å². The summed E-state index contributed by atoms with van der Waals surface area (Å²) in [5.41, 5.74) is 2.68. The minimum atomic E-state index is -1.00. The van der Waals surface area contributed by atoms with Crippen LogP contribution in [0, 0.1) is 0 Å². The largest absolute Gasteiger partial charge is 0.506 e. The Hall–Kier alpha value is -3.50. The van der Waals surface area contributed by atoms with Crippen molar-refractivity contribution in [3.63, 3.8) is 0 Å².